The number of carbonyl (C=O) groups is 1. The minimum absolute atomic E-state index is 0.0268. The molecule has 0 unspecified atom stereocenters. The van der Waals surface area contributed by atoms with Crippen LogP contribution in [0.4, 0.5) is 18.0 Å². The van der Waals surface area contributed by atoms with Crippen molar-refractivity contribution in [2.45, 2.75) is 19.3 Å². The smallest absolute Gasteiger partial charge is 0.416 e. The molecule has 2 amide bonds. The quantitative estimate of drug-likeness (QED) is 0.845. The van der Waals surface area contributed by atoms with Gasteiger partial charge in [-0.1, -0.05) is 18.2 Å². The average molecular weight is 368 g/mol. The number of phenolic OH excluding ortho intramolecular Hbond substituents is 1. The minimum atomic E-state index is -4.42. The molecule has 8 heteroatoms. The lowest BCUT2D eigenvalue weighted by molar-refractivity contribution is -0.137. The van der Waals surface area contributed by atoms with Gasteiger partial charge in [-0.25, -0.2) is 4.79 Å². The highest BCUT2D eigenvalue weighted by molar-refractivity contribution is 5.73. The van der Waals surface area contributed by atoms with Crippen LogP contribution in [0.3, 0.4) is 0 Å². The topological polar surface area (TPSA) is 61.8 Å². The first-order valence-electron chi connectivity index (χ1n) is 7.71. The Kier molecular flexibility index (Phi) is 5.97. The minimum Gasteiger partial charge on any atom is -0.504 e. The van der Waals surface area contributed by atoms with Crippen molar-refractivity contribution in [1.29, 1.82) is 0 Å². The molecule has 0 aliphatic heterocycles. The third-order valence-electron chi connectivity index (χ3n) is 3.71. The first-order chi connectivity index (χ1) is 12.2. The van der Waals surface area contributed by atoms with Crippen LogP contribution < -0.4 is 10.1 Å². The Morgan fingerprint density at radius 2 is 1.92 bits per heavy atom. The lowest BCUT2D eigenvalue weighted by Gasteiger charge is -2.19. The number of alkyl halides is 3. The number of carbonyl (C=O) groups excluding carboxylic acids is 1. The van der Waals surface area contributed by atoms with Gasteiger partial charge in [0.2, 0.25) is 0 Å². The summed E-state index contributed by atoms with van der Waals surface area (Å²) in [4.78, 5) is 13.5. The van der Waals surface area contributed by atoms with Gasteiger partial charge in [0, 0.05) is 20.1 Å². The van der Waals surface area contributed by atoms with Crippen molar-refractivity contribution in [1.82, 2.24) is 10.2 Å². The van der Waals surface area contributed by atoms with Crippen LogP contribution in [-0.2, 0) is 19.3 Å². The van der Waals surface area contributed by atoms with Crippen molar-refractivity contribution < 1.29 is 27.8 Å². The van der Waals surface area contributed by atoms with E-state index in [2.05, 4.69) is 5.32 Å². The molecule has 0 heterocycles. The van der Waals surface area contributed by atoms with Crippen molar-refractivity contribution in [2.24, 2.45) is 0 Å². The summed E-state index contributed by atoms with van der Waals surface area (Å²) in [6.07, 6.45) is -4.42. The van der Waals surface area contributed by atoms with Crippen LogP contribution in [-0.4, -0.2) is 30.2 Å². The second kappa shape index (κ2) is 7.99. The maximum absolute atomic E-state index is 12.7. The summed E-state index contributed by atoms with van der Waals surface area (Å²) in [5.41, 5.74) is 0.273. The van der Waals surface area contributed by atoms with E-state index in [0.29, 0.717) is 16.9 Å². The largest absolute Gasteiger partial charge is 0.504 e. The zero-order valence-corrected chi connectivity index (χ0v) is 14.3. The summed E-state index contributed by atoms with van der Waals surface area (Å²) >= 11 is 0. The SMILES string of the molecule is COc1ccc(CN(C)C(=O)NCc2cccc(C(F)(F)F)c2)cc1O. The predicted octanol–water partition coefficient (Wildman–Crippen LogP) is 3.76. The number of phenols is 1. The molecule has 0 saturated heterocycles. The van der Waals surface area contributed by atoms with Crippen LogP contribution in [0.25, 0.3) is 0 Å². The van der Waals surface area contributed by atoms with Crippen LogP contribution in [0.1, 0.15) is 16.7 Å². The Bertz CT molecular complexity index is 779. The number of halogens is 3. The first-order valence-corrected chi connectivity index (χ1v) is 7.71. The number of hydrogen-bond donors (Lipinski definition) is 2. The normalized spacial score (nSPS) is 11.1. The number of amides is 2. The van der Waals surface area contributed by atoms with E-state index in [9.17, 15) is 23.1 Å². The lowest BCUT2D eigenvalue weighted by atomic mass is 10.1. The Balaban J connectivity index is 1.94. The molecule has 0 aliphatic rings. The monoisotopic (exact) mass is 368 g/mol. The number of nitrogens with zero attached hydrogens (tertiary/aromatic N) is 1. The molecule has 0 aromatic heterocycles. The third kappa shape index (κ3) is 5.05. The van der Waals surface area contributed by atoms with Gasteiger partial charge in [0.25, 0.3) is 0 Å². The van der Waals surface area contributed by atoms with Gasteiger partial charge in [-0.2, -0.15) is 13.2 Å². The van der Waals surface area contributed by atoms with Crippen LogP contribution in [0, 0.1) is 0 Å². The van der Waals surface area contributed by atoms with Gasteiger partial charge in [-0.3, -0.25) is 0 Å². The molecule has 0 aliphatic carbocycles. The summed E-state index contributed by atoms with van der Waals surface area (Å²) < 4.78 is 43.0. The Hall–Kier alpha value is -2.90. The molecular weight excluding hydrogens is 349 g/mol. The highest BCUT2D eigenvalue weighted by Crippen LogP contribution is 2.29. The number of urea groups is 1. The van der Waals surface area contributed by atoms with Gasteiger partial charge in [0.15, 0.2) is 11.5 Å². The van der Waals surface area contributed by atoms with Gasteiger partial charge in [-0.05, 0) is 35.4 Å². The Morgan fingerprint density at radius 3 is 2.54 bits per heavy atom. The molecule has 2 aromatic rings. The molecule has 0 bridgehead atoms. The zero-order valence-electron chi connectivity index (χ0n) is 14.3. The average Bonchev–Trinajstić information content (AvgIpc) is 2.59. The molecule has 0 saturated carbocycles. The van der Waals surface area contributed by atoms with Crippen molar-refractivity contribution in [3.05, 3.63) is 59.2 Å². The van der Waals surface area contributed by atoms with E-state index >= 15 is 0 Å². The fourth-order valence-electron chi connectivity index (χ4n) is 2.35. The second-order valence-electron chi connectivity index (χ2n) is 5.72. The molecule has 2 rings (SSSR count). The molecule has 2 aromatic carbocycles. The zero-order chi connectivity index (χ0) is 19.3. The summed E-state index contributed by atoms with van der Waals surface area (Å²) in [5.74, 6) is 0.285. The van der Waals surface area contributed by atoms with Gasteiger partial charge in [0.05, 0.1) is 12.7 Å². The number of hydrogen-bond acceptors (Lipinski definition) is 3. The Morgan fingerprint density at radius 1 is 1.19 bits per heavy atom. The standard InChI is InChI=1S/C18H19F3N2O3/c1-23(11-13-6-7-16(26-2)15(24)9-13)17(25)22-10-12-4-3-5-14(8-12)18(19,20)21/h3-9,24H,10-11H2,1-2H3,(H,22,25). The molecule has 0 atom stereocenters. The number of methoxy groups -OCH3 is 1. The van der Waals surface area contributed by atoms with E-state index in [-0.39, 0.29) is 18.8 Å². The fourth-order valence-corrected chi connectivity index (χ4v) is 2.35. The molecule has 2 N–H and O–H groups in total. The molecule has 140 valence electrons. The number of nitrogens with one attached hydrogen (secondary N) is 1. The van der Waals surface area contributed by atoms with Crippen LogP contribution >= 0.6 is 0 Å². The van der Waals surface area contributed by atoms with Crippen LogP contribution in [0.15, 0.2) is 42.5 Å². The second-order valence-corrected chi connectivity index (χ2v) is 5.72. The summed E-state index contributed by atoms with van der Waals surface area (Å²) in [6, 6.07) is 9.11. The number of rotatable bonds is 5. The number of aromatic hydroxyl groups is 1. The van der Waals surface area contributed by atoms with E-state index in [1.54, 1.807) is 19.2 Å². The molecule has 26 heavy (non-hydrogen) atoms. The van der Waals surface area contributed by atoms with Crippen molar-refractivity contribution in [2.75, 3.05) is 14.2 Å². The molecule has 0 spiro atoms. The Labute approximate surface area is 149 Å². The summed E-state index contributed by atoms with van der Waals surface area (Å²) in [6.45, 7) is 0.187. The van der Waals surface area contributed by atoms with Crippen LogP contribution in [0.2, 0.25) is 0 Å². The van der Waals surface area contributed by atoms with Gasteiger partial charge < -0.3 is 20.1 Å². The highest BCUT2D eigenvalue weighted by Gasteiger charge is 2.30. The molecule has 0 fully saturated rings. The molecule has 0 radical (unpaired) electrons. The predicted molar refractivity (Wildman–Crippen MR) is 89.8 cm³/mol. The molecular formula is C18H19F3N2O3. The lowest BCUT2D eigenvalue weighted by Crippen LogP contribution is -2.36. The first kappa shape index (κ1) is 19.4. The van der Waals surface area contributed by atoms with E-state index in [0.717, 1.165) is 12.1 Å². The van der Waals surface area contributed by atoms with Crippen LogP contribution in [0.5, 0.6) is 11.5 Å². The summed E-state index contributed by atoms with van der Waals surface area (Å²) in [5, 5.41) is 12.3. The van der Waals surface area contributed by atoms with Crippen molar-refractivity contribution >= 4 is 6.03 Å². The van der Waals surface area contributed by atoms with Crippen molar-refractivity contribution in [3.8, 4) is 11.5 Å². The van der Waals surface area contributed by atoms with Crippen molar-refractivity contribution in [3.63, 3.8) is 0 Å². The van der Waals surface area contributed by atoms with Gasteiger partial charge in [0.1, 0.15) is 0 Å². The maximum Gasteiger partial charge on any atom is 0.416 e. The van der Waals surface area contributed by atoms with Gasteiger partial charge >= 0.3 is 12.2 Å². The van der Waals surface area contributed by atoms with Gasteiger partial charge in [-0.15, -0.1) is 0 Å². The number of benzene rings is 2. The fraction of sp³-hybridized carbons (Fsp3) is 0.278. The molecule has 5 nitrogen and oxygen atoms in total. The van der Waals surface area contributed by atoms with E-state index in [1.807, 2.05) is 0 Å². The maximum atomic E-state index is 12.7. The third-order valence-corrected chi connectivity index (χ3v) is 3.71. The summed E-state index contributed by atoms with van der Waals surface area (Å²) in [7, 11) is 2.98. The van der Waals surface area contributed by atoms with E-state index < -0.39 is 17.8 Å². The highest BCUT2D eigenvalue weighted by atomic mass is 19.4. The van der Waals surface area contributed by atoms with E-state index in [1.165, 1.54) is 30.2 Å². The van der Waals surface area contributed by atoms with E-state index in [4.69, 9.17) is 4.74 Å². The number of ether oxygens (including phenoxy) is 1.